The standard InChI is InChI=1S/C13H16N4O2/c1-8-5-12(19)17-13-10(16-8)6-9(7-15-13)3-4-11(18)14-2/h3-4,6-8,16H,5H2,1-2H3,(H,14,18)(H,15,17,19)/b4-3+/t8-/m1/s1. The summed E-state index contributed by atoms with van der Waals surface area (Å²) in [5, 5.41) is 8.46. The molecule has 2 rings (SSSR count). The third kappa shape index (κ3) is 3.31. The quantitative estimate of drug-likeness (QED) is 0.692. The lowest BCUT2D eigenvalue weighted by molar-refractivity contribution is -0.117. The number of nitrogens with zero attached hydrogens (tertiary/aromatic N) is 1. The zero-order valence-corrected chi connectivity index (χ0v) is 10.9. The van der Waals surface area contributed by atoms with Crippen LogP contribution in [0.4, 0.5) is 11.5 Å². The summed E-state index contributed by atoms with van der Waals surface area (Å²) >= 11 is 0. The van der Waals surface area contributed by atoms with E-state index in [1.54, 1.807) is 19.3 Å². The Labute approximate surface area is 111 Å². The molecule has 0 aromatic carbocycles. The van der Waals surface area contributed by atoms with Crippen molar-refractivity contribution in [1.29, 1.82) is 0 Å². The number of carbonyl (C=O) groups excluding carboxylic acids is 2. The zero-order valence-electron chi connectivity index (χ0n) is 10.9. The normalized spacial score (nSPS) is 18.2. The third-order valence-electron chi connectivity index (χ3n) is 2.73. The van der Waals surface area contributed by atoms with E-state index in [2.05, 4.69) is 20.9 Å². The Morgan fingerprint density at radius 1 is 1.58 bits per heavy atom. The molecule has 0 saturated carbocycles. The molecule has 1 aromatic heterocycles. The molecule has 1 aliphatic rings. The number of pyridine rings is 1. The molecule has 2 heterocycles. The smallest absolute Gasteiger partial charge is 0.243 e. The van der Waals surface area contributed by atoms with E-state index in [9.17, 15) is 9.59 Å². The van der Waals surface area contributed by atoms with Crippen LogP contribution in [0.1, 0.15) is 18.9 Å². The van der Waals surface area contributed by atoms with Crippen LogP contribution in [0.3, 0.4) is 0 Å². The summed E-state index contributed by atoms with van der Waals surface area (Å²) in [4.78, 5) is 26.9. The fourth-order valence-electron chi connectivity index (χ4n) is 1.81. The maximum atomic E-state index is 11.5. The van der Waals surface area contributed by atoms with Gasteiger partial charge in [0.1, 0.15) is 0 Å². The average Bonchev–Trinajstić information content (AvgIpc) is 2.51. The van der Waals surface area contributed by atoms with Crippen molar-refractivity contribution in [3.8, 4) is 0 Å². The number of hydrogen-bond acceptors (Lipinski definition) is 4. The minimum absolute atomic E-state index is 0.0428. The van der Waals surface area contributed by atoms with Gasteiger partial charge in [0.15, 0.2) is 5.82 Å². The van der Waals surface area contributed by atoms with Crippen LogP contribution < -0.4 is 16.0 Å². The van der Waals surface area contributed by atoms with Crippen molar-refractivity contribution < 1.29 is 9.59 Å². The third-order valence-corrected chi connectivity index (χ3v) is 2.73. The largest absolute Gasteiger partial charge is 0.379 e. The van der Waals surface area contributed by atoms with Crippen LogP contribution in [-0.2, 0) is 9.59 Å². The van der Waals surface area contributed by atoms with Crippen molar-refractivity contribution in [3.05, 3.63) is 23.9 Å². The van der Waals surface area contributed by atoms with Gasteiger partial charge in [-0.2, -0.15) is 0 Å². The van der Waals surface area contributed by atoms with Crippen molar-refractivity contribution in [1.82, 2.24) is 10.3 Å². The highest BCUT2D eigenvalue weighted by Gasteiger charge is 2.18. The number of rotatable bonds is 2. The van der Waals surface area contributed by atoms with E-state index in [1.165, 1.54) is 6.08 Å². The van der Waals surface area contributed by atoms with Gasteiger partial charge in [-0.15, -0.1) is 0 Å². The number of aromatic nitrogens is 1. The summed E-state index contributed by atoms with van der Waals surface area (Å²) in [7, 11) is 1.57. The topological polar surface area (TPSA) is 83.1 Å². The van der Waals surface area contributed by atoms with Gasteiger partial charge in [0.2, 0.25) is 11.8 Å². The highest BCUT2D eigenvalue weighted by Crippen LogP contribution is 2.25. The fraction of sp³-hybridized carbons (Fsp3) is 0.308. The first-order chi connectivity index (χ1) is 9.08. The lowest BCUT2D eigenvalue weighted by Gasteiger charge is -2.11. The molecule has 1 aromatic rings. The Balaban J connectivity index is 2.25. The number of carbonyl (C=O) groups is 2. The molecule has 0 radical (unpaired) electrons. The van der Waals surface area contributed by atoms with E-state index in [1.807, 2.05) is 13.0 Å². The number of anilines is 2. The van der Waals surface area contributed by atoms with Crippen LogP contribution >= 0.6 is 0 Å². The van der Waals surface area contributed by atoms with Gasteiger partial charge in [0.25, 0.3) is 0 Å². The molecule has 1 aliphatic heterocycles. The SMILES string of the molecule is CNC(=O)/C=C/c1cnc2c(c1)N[C@H](C)CC(=O)N2. The summed E-state index contributed by atoms with van der Waals surface area (Å²) in [6.07, 6.45) is 5.11. The molecule has 1 atom stereocenters. The first-order valence-electron chi connectivity index (χ1n) is 6.04. The maximum absolute atomic E-state index is 11.5. The van der Waals surface area contributed by atoms with E-state index >= 15 is 0 Å². The zero-order chi connectivity index (χ0) is 13.8. The van der Waals surface area contributed by atoms with Crippen LogP contribution in [0.5, 0.6) is 0 Å². The summed E-state index contributed by atoms with van der Waals surface area (Å²) in [5.41, 5.74) is 1.55. The van der Waals surface area contributed by atoms with Crippen molar-refractivity contribution in [3.63, 3.8) is 0 Å². The second-order valence-electron chi connectivity index (χ2n) is 4.41. The number of amides is 2. The second kappa shape index (κ2) is 5.51. The summed E-state index contributed by atoms with van der Waals surface area (Å²) < 4.78 is 0. The molecule has 19 heavy (non-hydrogen) atoms. The van der Waals surface area contributed by atoms with Gasteiger partial charge in [0.05, 0.1) is 5.69 Å². The summed E-state index contributed by atoms with van der Waals surface area (Å²) in [6, 6.07) is 1.89. The molecule has 0 aliphatic carbocycles. The molecule has 2 amide bonds. The minimum Gasteiger partial charge on any atom is -0.379 e. The summed E-state index contributed by atoms with van der Waals surface area (Å²) in [6.45, 7) is 1.93. The lowest BCUT2D eigenvalue weighted by Crippen LogP contribution is -2.18. The highest BCUT2D eigenvalue weighted by molar-refractivity contribution is 5.95. The van der Waals surface area contributed by atoms with Crippen molar-refractivity contribution in [2.75, 3.05) is 17.7 Å². The molecule has 6 heteroatoms. The second-order valence-corrected chi connectivity index (χ2v) is 4.41. The fourth-order valence-corrected chi connectivity index (χ4v) is 1.81. The molecule has 0 unspecified atom stereocenters. The Kier molecular flexibility index (Phi) is 3.79. The Morgan fingerprint density at radius 3 is 3.11 bits per heavy atom. The molecule has 6 nitrogen and oxygen atoms in total. The number of hydrogen-bond donors (Lipinski definition) is 3. The van der Waals surface area contributed by atoms with E-state index in [4.69, 9.17) is 0 Å². The Morgan fingerprint density at radius 2 is 2.37 bits per heavy atom. The lowest BCUT2D eigenvalue weighted by atomic mass is 10.2. The van der Waals surface area contributed by atoms with Crippen LogP contribution in [0.25, 0.3) is 6.08 Å². The first kappa shape index (κ1) is 13.1. The predicted octanol–water partition coefficient (Wildman–Crippen LogP) is 0.983. The van der Waals surface area contributed by atoms with Crippen molar-refractivity contribution >= 4 is 29.4 Å². The van der Waals surface area contributed by atoms with Gasteiger partial charge in [0, 0.05) is 31.8 Å². The molecular weight excluding hydrogens is 244 g/mol. The van der Waals surface area contributed by atoms with Gasteiger partial charge in [-0.3, -0.25) is 9.59 Å². The molecule has 0 saturated heterocycles. The van der Waals surface area contributed by atoms with Gasteiger partial charge in [-0.25, -0.2) is 4.98 Å². The van der Waals surface area contributed by atoms with E-state index < -0.39 is 0 Å². The number of fused-ring (bicyclic) bond motifs is 1. The Bertz CT molecular complexity index is 539. The van der Waals surface area contributed by atoms with Crippen molar-refractivity contribution in [2.45, 2.75) is 19.4 Å². The number of likely N-dealkylation sites (N-methyl/N-ethyl adjacent to an activating group) is 1. The van der Waals surface area contributed by atoms with Gasteiger partial charge < -0.3 is 16.0 Å². The molecular formula is C13H16N4O2. The average molecular weight is 260 g/mol. The minimum atomic E-state index is -0.176. The van der Waals surface area contributed by atoms with Gasteiger partial charge >= 0.3 is 0 Å². The number of nitrogens with one attached hydrogen (secondary N) is 3. The van der Waals surface area contributed by atoms with Crippen LogP contribution in [-0.4, -0.2) is 29.9 Å². The van der Waals surface area contributed by atoms with Crippen LogP contribution in [0.2, 0.25) is 0 Å². The van der Waals surface area contributed by atoms with Crippen LogP contribution in [0.15, 0.2) is 18.3 Å². The predicted molar refractivity (Wildman–Crippen MR) is 73.7 cm³/mol. The monoisotopic (exact) mass is 260 g/mol. The first-order valence-corrected chi connectivity index (χ1v) is 6.04. The summed E-state index contributed by atoms with van der Waals surface area (Å²) in [5.74, 6) is 0.288. The van der Waals surface area contributed by atoms with Gasteiger partial charge in [-0.05, 0) is 24.6 Å². The van der Waals surface area contributed by atoms with E-state index in [-0.39, 0.29) is 17.9 Å². The van der Waals surface area contributed by atoms with Crippen LogP contribution in [0, 0.1) is 0 Å². The van der Waals surface area contributed by atoms with Crippen molar-refractivity contribution in [2.24, 2.45) is 0 Å². The van der Waals surface area contributed by atoms with E-state index in [0.717, 1.165) is 11.3 Å². The molecule has 0 spiro atoms. The molecule has 0 fully saturated rings. The maximum Gasteiger partial charge on any atom is 0.243 e. The Hall–Kier alpha value is -2.37. The van der Waals surface area contributed by atoms with Gasteiger partial charge in [-0.1, -0.05) is 0 Å². The van der Waals surface area contributed by atoms with E-state index in [0.29, 0.717) is 12.2 Å². The highest BCUT2D eigenvalue weighted by atomic mass is 16.2. The molecule has 0 bridgehead atoms. The molecule has 100 valence electrons. The molecule has 3 N–H and O–H groups in total.